The summed E-state index contributed by atoms with van der Waals surface area (Å²) in [5.74, 6) is 0.0916. The molecule has 0 bridgehead atoms. The first-order valence-electron chi connectivity index (χ1n) is 9.65. The number of carbonyl (C=O) groups is 1. The van der Waals surface area contributed by atoms with Gasteiger partial charge in [0.15, 0.2) is 0 Å². The summed E-state index contributed by atoms with van der Waals surface area (Å²) in [5, 5.41) is 0.911. The fourth-order valence-electron chi connectivity index (χ4n) is 3.41. The number of aryl methyl sites for hydroxylation is 1. The van der Waals surface area contributed by atoms with Crippen LogP contribution in [0, 0.1) is 12.7 Å². The van der Waals surface area contributed by atoms with E-state index < -0.39 is 0 Å². The van der Waals surface area contributed by atoms with E-state index in [1.807, 2.05) is 31.2 Å². The molecule has 4 rings (SSSR count). The Kier molecular flexibility index (Phi) is 5.48. The van der Waals surface area contributed by atoms with Crippen molar-refractivity contribution in [3.63, 3.8) is 0 Å². The zero-order chi connectivity index (χ0) is 21.1. The average molecular weight is 404 g/mol. The third kappa shape index (κ3) is 4.49. The molecule has 6 heteroatoms. The minimum Gasteiger partial charge on any atom is -0.467 e. The van der Waals surface area contributed by atoms with Crippen LogP contribution in [0.15, 0.2) is 76.1 Å². The second kappa shape index (κ2) is 8.37. The summed E-state index contributed by atoms with van der Waals surface area (Å²) in [7, 11) is 0. The molecule has 0 atom stereocenters. The van der Waals surface area contributed by atoms with Crippen LogP contribution in [0.3, 0.4) is 0 Å². The molecule has 152 valence electrons. The molecule has 2 heterocycles. The lowest BCUT2D eigenvalue weighted by Crippen LogP contribution is -2.33. The molecular formula is C24H21FN2O3. The van der Waals surface area contributed by atoms with E-state index in [0.29, 0.717) is 16.9 Å². The summed E-state index contributed by atoms with van der Waals surface area (Å²) >= 11 is 0. The summed E-state index contributed by atoms with van der Waals surface area (Å²) < 4.78 is 18.6. The molecule has 2 aromatic heterocycles. The van der Waals surface area contributed by atoms with Crippen molar-refractivity contribution in [3.8, 4) is 0 Å². The third-order valence-corrected chi connectivity index (χ3v) is 4.99. The van der Waals surface area contributed by atoms with Gasteiger partial charge < -0.3 is 14.3 Å². The van der Waals surface area contributed by atoms with E-state index in [9.17, 15) is 14.0 Å². The van der Waals surface area contributed by atoms with Crippen molar-refractivity contribution in [2.45, 2.75) is 26.4 Å². The normalized spacial score (nSPS) is 11.0. The summed E-state index contributed by atoms with van der Waals surface area (Å²) in [6.45, 7) is 2.36. The zero-order valence-electron chi connectivity index (χ0n) is 16.5. The summed E-state index contributed by atoms with van der Waals surface area (Å²) in [6.07, 6.45) is 1.65. The number of hydrogen-bond donors (Lipinski definition) is 1. The lowest BCUT2D eigenvalue weighted by atomic mass is 10.1. The number of nitrogens with one attached hydrogen (secondary N) is 1. The second-order valence-electron chi connectivity index (χ2n) is 7.35. The largest absolute Gasteiger partial charge is 0.467 e. The number of nitrogens with zero attached hydrogens (tertiary/aromatic N) is 1. The van der Waals surface area contributed by atoms with E-state index >= 15 is 0 Å². The Morgan fingerprint density at radius 2 is 1.87 bits per heavy atom. The lowest BCUT2D eigenvalue weighted by Gasteiger charge is -2.22. The molecule has 0 aliphatic rings. The Bertz CT molecular complexity index is 1230. The highest BCUT2D eigenvalue weighted by molar-refractivity contribution is 5.81. The monoisotopic (exact) mass is 404 g/mol. The molecule has 0 aliphatic heterocycles. The van der Waals surface area contributed by atoms with Crippen LogP contribution < -0.4 is 5.56 Å². The molecule has 0 spiro atoms. The number of hydrogen-bond acceptors (Lipinski definition) is 3. The van der Waals surface area contributed by atoms with Crippen LogP contribution in [0.5, 0.6) is 0 Å². The van der Waals surface area contributed by atoms with Gasteiger partial charge in [0.2, 0.25) is 5.91 Å². The maximum absolute atomic E-state index is 13.2. The van der Waals surface area contributed by atoms with Gasteiger partial charge in [0, 0.05) is 11.1 Å². The van der Waals surface area contributed by atoms with Crippen molar-refractivity contribution in [1.82, 2.24) is 9.88 Å². The molecule has 30 heavy (non-hydrogen) atoms. The topological polar surface area (TPSA) is 66.3 Å². The van der Waals surface area contributed by atoms with Crippen molar-refractivity contribution in [2.24, 2.45) is 0 Å². The minimum absolute atomic E-state index is 0.103. The van der Waals surface area contributed by atoms with Gasteiger partial charge in [-0.3, -0.25) is 9.59 Å². The highest BCUT2D eigenvalue weighted by Gasteiger charge is 2.18. The van der Waals surface area contributed by atoms with Gasteiger partial charge in [-0.25, -0.2) is 4.39 Å². The molecule has 0 radical (unpaired) electrons. The second-order valence-corrected chi connectivity index (χ2v) is 7.35. The van der Waals surface area contributed by atoms with Crippen LogP contribution in [0.2, 0.25) is 0 Å². The quantitative estimate of drug-likeness (QED) is 0.520. The van der Waals surface area contributed by atoms with Crippen LogP contribution in [0.25, 0.3) is 10.9 Å². The van der Waals surface area contributed by atoms with E-state index in [-0.39, 0.29) is 36.8 Å². The standard InChI is InChI=1S/C24H21FN2O3/c1-16-4-9-22-18(11-16)13-19(24(29)26-22)14-27(15-21-3-2-10-30-21)23(28)12-17-5-7-20(25)8-6-17/h2-11,13H,12,14-15H2,1H3,(H,26,29). The number of aromatic nitrogens is 1. The highest BCUT2D eigenvalue weighted by Crippen LogP contribution is 2.16. The Labute approximate surface area is 172 Å². The molecular weight excluding hydrogens is 383 g/mol. The van der Waals surface area contributed by atoms with Gasteiger partial charge in [-0.15, -0.1) is 0 Å². The number of carbonyl (C=O) groups excluding carboxylic acids is 1. The first-order chi connectivity index (χ1) is 14.5. The van der Waals surface area contributed by atoms with Crippen molar-refractivity contribution < 1.29 is 13.6 Å². The number of halogens is 1. The van der Waals surface area contributed by atoms with Gasteiger partial charge in [0.1, 0.15) is 11.6 Å². The van der Waals surface area contributed by atoms with Crippen molar-refractivity contribution >= 4 is 16.8 Å². The lowest BCUT2D eigenvalue weighted by molar-refractivity contribution is -0.132. The van der Waals surface area contributed by atoms with Crippen molar-refractivity contribution in [3.05, 3.63) is 106 Å². The first-order valence-corrected chi connectivity index (χ1v) is 9.65. The summed E-state index contributed by atoms with van der Waals surface area (Å²) in [5.41, 5.74) is 2.80. The predicted octanol–water partition coefficient (Wildman–Crippen LogP) is 4.34. The number of pyridine rings is 1. The SMILES string of the molecule is Cc1ccc2[nH]c(=O)c(CN(Cc3ccco3)C(=O)Cc3ccc(F)cc3)cc2c1. The van der Waals surface area contributed by atoms with E-state index in [0.717, 1.165) is 16.5 Å². The van der Waals surface area contributed by atoms with Crippen LogP contribution in [-0.4, -0.2) is 15.8 Å². The van der Waals surface area contributed by atoms with Crippen LogP contribution in [-0.2, 0) is 24.3 Å². The van der Waals surface area contributed by atoms with Gasteiger partial charge in [0.05, 0.1) is 25.8 Å². The van der Waals surface area contributed by atoms with Crippen molar-refractivity contribution in [1.29, 1.82) is 0 Å². The minimum atomic E-state index is -0.350. The van der Waals surface area contributed by atoms with Gasteiger partial charge >= 0.3 is 0 Å². The number of benzene rings is 2. The number of furan rings is 1. The van der Waals surface area contributed by atoms with Gasteiger partial charge in [-0.1, -0.05) is 23.8 Å². The molecule has 4 aromatic rings. The molecule has 0 unspecified atom stereocenters. The fraction of sp³-hybridized carbons (Fsp3) is 0.167. The fourth-order valence-corrected chi connectivity index (χ4v) is 3.41. The van der Waals surface area contributed by atoms with Gasteiger partial charge in [-0.2, -0.15) is 0 Å². The zero-order valence-corrected chi connectivity index (χ0v) is 16.5. The van der Waals surface area contributed by atoms with Crippen LogP contribution in [0.1, 0.15) is 22.5 Å². The Morgan fingerprint density at radius 1 is 1.07 bits per heavy atom. The van der Waals surface area contributed by atoms with E-state index in [1.165, 1.54) is 12.1 Å². The average Bonchev–Trinajstić information content (AvgIpc) is 3.23. The maximum Gasteiger partial charge on any atom is 0.253 e. The maximum atomic E-state index is 13.2. The highest BCUT2D eigenvalue weighted by atomic mass is 19.1. The molecule has 1 N–H and O–H groups in total. The smallest absolute Gasteiger partial charge is 0.253 e. The molecule has 0 saturated carbocycles. The first kappa shape index (κ1) is 19.6. The van der Waals surface area contributed by atoms with Crippen LogP contribution in [0.4, 0.5) is 4.39 Å². The van der Waals surface area contributed by atoms with E-state index in [1.54, 1.807) is 35.4 Å². The summed E-state index contributed by atoms with van der Waals surface area (Å²) in [6, 6.07) is 17.0. The molecule has 2 aromatic carbocycles. The number of H-pyrrole nitrogens is 1. The molecule has 0 saturated heterocycles. The summed E-state index contributed by atoms with van der Waals surface area (Å²) in [4.78, 5) is 30.1. The van der Waals surface area contributed by atoms with Crippen LogP contribution >= 0.6 is 0 Å². The number of aromatic amines is 1. The molecule has 5 nitrogen and oxygen atoms in total. The van der Waals surface area contributed by atoms with E-state index in [4.69, 9.17) is 4.42 Å². The predicted molar refractivity (Wildman–Crippen MR) is 112 cm³/mol. The van der Waals surface area contributed by atoms with Gasteiger partial charge in [0.25, 0.3) is 5.56 Å². The molecule has 0 fully saturated rings. The molecule has 1 amide bonds. The Morgan fingerprint density at radius 3 is 2.60 bits per heavy atom. The molecule has 0 aliphatic carbocycles. The Hall–Kier alpha value is -3.67. The number of rotatable bonds is 6. The number of fused-ring (bicyclic) bond motifs is 1. The van der Waals surface area contributed by atoms with E-state index in [2.05, 4.69) is 4.98 Å². The third-order valence-electron chi connectivity index (χ3n) is 4.99. The Balaban J connectivity index is 1.63. The van der Waals surface area contributed by atoms with Crippen molar-refractivity contribution in [2.75, 3.05) is 0 Å². The number of amides is 1. The van der Waals surface area contributed by atoms with Gasteiger partial charge in [-0.05, 0) is 60.3 Å².